The summed E-state index contributed by atoms with van der Waals surface area (Å²) in [7, 11) is -3.13. The second-order valence-corrected chi connectivity index (χ2v) is 7.22. The maximum atomic E-state index is 12.0. The van der Waals surface area contributed by atoms with Crippen molar-refractivity contribution < 1.29 is 8.42 Å². The zero-order chi connectivity index (χ0) is 12.8. The largest absolute Gasteiger partial charge is 0.270 e. The van der Waals surface area contributed by atoms with Gasteiger partial charge in [-0.1, -0.05) is 40.2 Å². The molecule has 94 valence electrons. The van der Waals surface area contributed by atoms with Gasteiger partial charge in [-0.05, 0) is 23.9 Å². The Hall–Kier alpha value is -1.07. The first kappa shape index (κ1) is 12.0. The van der Waals surface area contributed by atoms with E-state index in [2.05, 4.69) is 15.9 Å². The number of sulfonamides is 1. The first-order valence-corrected chi connectivity index (χ1v) is 8.17. The van der Waals surface area contributed by atoms with Gasteiger partial charge < -0.3 is 0 Å². The minimum Gasteiger partial charge on any atom is -0.270 e. The van der Waals surface area contributed by atoms with Crippen molar-refractivity contribution >= 4 is 42.4 Å². The Bertz CT molecular complexity index is 712. The van der Waals surface area contributed by atoms with Gasteiger partial charge in [0.2, 0.25) is 10.0 Å². The molecule has 0 spiro atoms. The number of hydrogen-bond acceptors (Lipinski definition) is 2. The van der Waals surface area contributed by atoms with Crippen LogP contribution in [-0.4, -0.2) is 20.7 Å². The molecule has 1 aliphatic rings. The Kier molecular flexibility index (Phi) is 2.83. The topological polar surface area (TPSA) is 37.4 Å². The molecule has 0 bridgehead atoms. The maximum absolute atomic E-state index is 12.0. The van der Waals surface area contributed by atoms with Crippen molar-refractivity contribution in [1.82, 2.24) is 0 Å². The van der Waals surface area contributed by atoms with Gasteiger partial charge in [0.05, 0.1) is 11.4 Å². The predicted octanol–water partition coefficient (Wildman–Crippen LogP) is 3.14. The quantitative estimate of drug-likeness (QED) is 0.807. The first-order valence-electron chi connectivity index (χ1n) is 5.77. The minimum atomic E-state index is -3.13. The summed E-state index contributed by atoms with van der Waals surface area (Å²) in [5.74, 6) is 0.247. The summed E-state index contributed by atoms with van der Waals surface area (Å²) in [6.07, 6.45) is 0.701. The van der Waals surface area contributed by atoms with Crippen molar-refractivity contribution in [2.24, 2.45) is 0 Å². The molecule has 18 heavy (non-hydrogen) atoms. The molecule has 1 fully saturated rings. The lowest BCUT2D eigenvalue weighted by atomic mass is 10.1. The third-order valence-corrected chi connectivity index (χ3v) is 5.76. The average molecular weight is 326 g/mol. The molecule has 3 nitrogen and oxygen atoms in total. The van der Waals surface area contributed by atoms with E-state index in [1.807, 2.05) is 36.4 Å². The molecule has 1 saturated heterocycles. The summed E-state index contributed by atoms with van der Waals surface area (Å²) in [6.45, 7) is 0.577. The average Bonchev–Trinajstić information content (AvgIpc) is 2.70. The number of nitrogens with zero attached hydrogens (tertiary/aromatic N) is 1. The van der Waals surface area contributed by atoms with Gasteiger partial charge in [0, 0.05) is 16.4 Å². The van der Waals surface area contributed by atoms with E-state index < -0.39 is 10.0 Å². The normalized spacial score (nSPS) is 18.4. The highest BCUT2D eigenvalue weighted by molar-refractivity contribution is 9.10. The summed E-state index contributed by atoms with van der Waals surface area (Å²) < 4.78 is 26.5. The molecular formula is C13H12BrNO2S. The fourth-order valence-electron chi connectivity index (χ4n) is 2.37. The number of rotatable bonds is 1. The Balaban J connectivity index is 2.28. The number of anilines is 1. The van der Waals surface area contributed by atoms with Gasteiger partial charge in [-0.25, -0.2) is 8.42 Å². The third-order valence-electron chi connectivity index (χ3n) is 3.22. The van der Waals surface area contributed by atoms with Crippen molar-refractivity contribution in [3.05, 3.63) is 40.9 Å². The van der Waals surface area contributed by atoms with E-state index in [9.17, 15) is 8.42 Å². The van der Waals surface area contributed by atoms with Crippen LogP contribution in [0.3, 0.4) is 0 Å². The van der Waals surface area contributed by atoms with Gasteiger partial charge in [-0.15, -0.1) is 0 Å². The van der Waals surface area contributed by atoms with Crippen LogP contribution in [0.1, 0.15) is 6.42 Å². The van der Waals surface area contributed by atoms with Crippen LogP contribution < -0.4 is 4.31 Å². The van der Waals surface area contributed by atoms with Gasteiger partial charge in [-0.3, -0.25) is 4.31 Å². The molecule has 0 radical (unpaired) electrons. The van der Waals surface area contributed by atoms with E-state index >= 15 is 0 Å². The van der Waals surface area contributed by atoms with Crippen LogP contribution in [0, 0.1) is 0 Å². The fourth-order valence-corrected chi connectivity index (χ4v) is 4.43. The molecule has 0 aromatic heterocycles. The molecule has 0 atom stereocenters. The smallest absolute Gasteiger partial charge is 0.235 e. The summed E-state index contributed by atoms with van der Waals surface area (Å²) in [4.78, 5) is 0. The number of benzene rings is 2. The Labute approximate surface area is 115 Å². The molecule has 2 aromatic carbocycles. The molecule has 5 heteroatoms. The fraction of sp³-hybridized carbons (Fsp3) is 0.231. The highest BCUT2D eigenvalue weighted by Gasteiger charge is 2.29. The maximum Gasteiger partial charge on any atom is 0.235 e. The van der Waals surface area contributed by atoms with E-state index in [-0.39, 0.29) is 5.75 Å². The van der Waals surface area contributed by atoms with E-state index in [4.69, 9.17) is 0 Å². The van der Waals surface area contributed by atoms with Crippen LogP contribution in [0.4, 0.5) is 5.69 Å². The highest BCUT2D eigenvalue weighted by Crippen LogP contribution is 2.35. The summed E-state index contributed by atoms with van der Waals surface area (Å²) >= 11 is 3.50. The van der Waals surface area contributed by atoms with Crippen LogP contribution >= 0.6 is 15.9 Å². The molecule has 1 heterocycles. The van der Waals surface area contributed by atoms with Gasteiger partial charge in [0.25, 0.3) is 0 Å². The molecule has 0 N–H and O–H groups in total. The minimum absolute atomic E-state index is 0.247. The second kappa shape index (κ2) is 4.24. The number of fused-ring (bicyclic) bond motifs is 1. The van der Waals surface area contributed by atoms with E-state index in [0.717, 1.165) is 20.9 Å². The summed E-state index contributed by atoms with van der Waals surface area (Å²) in [5, 5.41) is 2.01. The molecule has 1 aliphatic heterocycles. The van der Waals surface area contributed by atoms with Crippen LogP contribution in [-0.2, 0) is 10.0 Å². The zero-order valence-corrected chi connectivity index (χ0v) is 12.0. The predicted molar refractivity (Wildman–Crippen MR) is 77.4 cm³/mol. The van der Waals surface area contributed by atoms with Crippen molar-refractivity contribution in [2.75, 3.05) is 16.6 Å². The Morgan fingerprint density at radius 2 is 1.78 bits per heavy atom. The Morgan fingerprint density at radius 3 is 2.44 bits per heavy atom. The van der Waals surface area contributed by atoms with Crippen LogP contribution in [0.5, 0.6) is 0 Å². The number of halogens is 1. The van der Waals surface area contributed by atoms with Crippen LogP contribution in [0.2, 0.25) is 0 Å². The van der Waals surface area contributed by atoms with E-state index in [1.165, 1.54) is 4.31 Å². The SMILES string of the molecule is O=S1(=O)CCCN1c1ccc(Br)c2ccccc12. The van der Waals surface area contributed by atoms with Crippen LogP contribution in [0.25, 0.3) is 10.8 Å². The van der Waals surface area contributed by atoms with Crippen molar-refractivity contribution in [2.45, 2.75) is 6.42 Å². The van der Waals surface area contributed by atoms with Crippen molar-refractivity contribution in [1.29, 1.82) is 0 Å². The van der Waals surface area contributed by atoms with E-state index in [1.54, 1.807) is 0 Å². The molecule has 0 saturated carbocycles. The molecule has 2 aromatic rings. The van der Waals surface area contributed by atoms with Gasteiger partial charge in [0.15, 0.2) is 0 Å². The third kappa shape index (κ3) is 1.82. The van der Waals surface area contributed by atoms with Crippen LogP contribution in [0.15, 0.2) is 40.9 Å². The van der Waals surface area contributed by atoms with E-state index in [0.29, 0.717) is 13.0 Å². The zero-order valence-electron chi connectivity index (χ0n) is 9.64. The van der Waals surface area contributed by atoms with Gasteiger partial charge in [-0.2, -0.15) is 0 Å². The molecule has 0 unspecified atom stereocenters. The Morgan fingerprint density at radius 1 is 1.06 bits per heavy atom. The lowest BCUT2D eigenvalue weighted by Crippen LogP contribution is -2.25. The van der Waals surface area contributed by atoms with Gasteiger partial charge >= 0.3 is 0 Å². The van der Waals surface area contributed by atoms with Crippen molar-refractivity contribution in [3.8, 4) is 0 Å². The summed E-state index contributed by atoms with van der Waals surface area (Å²) in [5.41, 5.74) is 0.784. The molecule has 0 amide bonds. The van der Waals surface area contributed by atoms with Crippen molar-refractivity contribution in [3.63, 3.8) is 0 Å². The first-order chi connectivity index (χ1) is 8.59. The lowest BCUT2D eigenvalue weighted by molar-refractivity contribution is 0.599. The molecule has 3 rings (SSSR count). The molecule has 0 aliphatic carbocycles. The standard InChI is InChI=1S/C13H12BrNO2S/c14-12-6-7-13(11-5-2-1-4-10(11)12)15-8-3-9-18(15,16)17/h1-2,4-7H,3,8-9H2. The summed E-state index contributed by atoms with van der Waals surface area (Å²) in [6, 6.07) is 11.6. The lowest BCUT2D eigenvalue weighted by Gasteiger charge is -2.19. The number of hydrogen-bond donors (Lipinski definition) is 0. The second-order valence-electron chi connectivity index (χ2n) is 4.35. The van der Waals surface area contributed by atoms with Gasteiger partial charge in [0.1, 0.15) is 0 Å². The highest BCUT2D eigenvalue weighted by atomic mass is 79.9. The monoisotopic (exact) mass is 325 g/mol. The molecular weight excluding hydrogens is 314 g/mol.